The zero-order chi connectivity index (χ0) is 22.6. The third-order valence-electron chi connectivity index (χ3n) is 5.23. The number of aliphatic hydroxyl groups excluding tert-OH is 1. The number of ether oxygens (including phenoxy) is 1. The molecular formula is C22H32N6O3. The molecule has 3 rings (SSSR count). The first-order valence-electron chi connectivity index (χ1n) is 10.7. The SMILES string of the molecule is CCOc1ccc2[nH]c(=O)c(CN(CCCO)[C@@H](C)c3nnnn3C(C)(C)C)cc2c1. The normalized spacial score (nSPS) is 13.1. The molecule has 0 saturated heterocycles. The van der Waals surface area contributed by atoms with E-state index >= 15 is 0 Å². The number of fused-ring (bicyclic) bond motifs is 1. The number of nitrogens with zero attached hydrogens (tertiary/aromatic N) is 5. The van der Waals surface area contributed by atoms with E-state index in [0.29, 0.717) is 31.7 Å². The largest absolute Gasteiger partial charge is 0.494 e. The number of hydrogen-bond acceptors (Lipinski definition) is 7. The summed E-state index contributed by atoms with van der Waals surface area (Å²) in [5.41, 5.74) is 1.00. The maximum absolute atomic E-state index is 12.8. The van der Waals surface area contributed by atoms with E-state index in [0.717, 1.165) is 22.5 Å². The third-order valence-corrected chi connectivity index (χ3v) is 5.23. The lowest BCUT2D eigenvalue weighted by Crippen LogP contribution is -2.35. The second-order valence-electron chi connectivity index (χ2n) is 8.65. The van der Waals surface area contributed by atoms with Crippen molar-refractivity contribution in [2.75, 3.05) is 19.8 Å². The second kappa shape index (κ2) is 9.57. The van der Waals surface area contributed by atoms with Gasteiger partial charge in [-0.05, 0) is 75.7 Å². The number of H-pyrrole nitrogens is 1. The topological polar surface area (TPSA) is 109 Å². The molecule has 1 atom stereocenters. The van der Waals surface area contributed by atoms with Crippen LogP contribution in [0.1, 0.15) is 58.5 Å². The van der Waals surface area contributed by atoms with Crippen LogP contribution >= 0.6 is 0 Å². The van der Waals surface area contributed by atoms with Gasteiger partial charge in [-0.2, -0.15) is 0 Å². The predicted octanol–water partition coefficient (Wildman–Crippen LogP) is 2.61. The van der Waals surface area contributed by atoms with Crippen molar-refractivity contribution in [2.45, 2.75) is 59.2 Å². The summed E-state index contributed by atoms with van der Waals surface area (Å²) in [4.78, 5) is 17.9. The van der Waals surface area contributed by atoms with E-state index in [1.165, 1.54) is 0 Å². The zero-order valence-corrected chi connectivity index (χ0v) is 18.9. The van der Waals surface area contributed by atoms with Crippen LogP contribution in [0, 0.1) is 0 Å². The van der Waals surface area contributed by atoms with Gasteiger partial charge in [0.1, 0.15) is 5.75 Å². The van der Waals surface area contributed by atoms with Crippen LogP contribution in [-0.2, 0) is 12.1 Å². The van der Waals surface area contributed by atoms with Gasteiger partial charge < -0.3 is 14.8 Å². The molecule has 1 aromatic carbocycles. The summed E-state index contributed by atoms with van der Waals surface area (Å²) in [6, 6.07) is 7.39. The minimum Gasteiger partial charge on any atom is -0.494 e. The van der Waals surface area contributed by atoms with Crippen LogP contribution in [0.2, 0.25) is 0 Å². The monoisotopic (exact) mass is 428 g/mol. The summed E-state index contributed by atoms with van der Waals surface area (Å²) in [6.07, 6.45) is 0.585. The highest BCUT2D eigenvalue weighted by atomic mass is 16.5. The van der Waals surface area contributed by atoms with Gasteiger partial charge in [-0.1, -0.05) is 0 Å². The highest BCUT2D eigenvalue weighted by Crippen LogP contribution is 2.25. The second-order valence-corrected chi connectivity index (χ2v) is 8.65. The fraction of sp³-hybridized carbons (Fsp3) is 0.545. The van der Waals surface area contributed by atoms with Crippen LogP contribution < -0.4 is 10.3 Å². The summed E-state index contributed by atoms with van der Waals surface area (Å²) in [7, 11) is 0. The van der Waals surface area contributed by atoms with Crippen molar-refractivity contribution in [1.82, 2.24) is 30.1 Å². The lowest BCUT2D eigenvalue weighted by atomic mass is 10.1. The van der Waals surface area contributed by atoms with Crippen LogP contribution in [0.15, 0.2) is 29.1 Å². The minimum absolute atomic E-state index is 0.0687. The van der Waals surface area contributed by atoms with Crippen molar-refractivity contribution >= 4 is 10.9 Å². The van der Waals surface area contributed by atoms with Gasteiger partial charge in [-0.25, -0.2) is 4.68 Å². The molecule has 0 bridgehead atoms. The Morgan fingerprint density at radius 2 is 2.06 bits per heavy atom. The average molecular weight is 429 g/mol. The first-order valence-corrected chi connectivity index (χ1v) is 10.7. The molecule has 9 nitrogen and oxygen atoms in total. The predicted molar refractivity (Wildman–Crippen MR) is 119 cm³/mol. The zero-order valence-electron chi connectivity index (χ0n) is 18.9. The van der Waals surface area contributed by atoms with Gasteiger partial charge >= 0.3 is 0 Å². The fourth-order valence-electron chi connectivity index (χ4n) is 3.60. The van der Waals surface area contributed by atoms with Crippen molar-refractivity contribution in [3.05, 3.63) is 46.0 Å². The number of aromatic amines is 1. The summed E-state index contributed by atoms with van der Waals surface area (Å²) in [5.74, 6) is 1.49. The molecular weight excluding hydrogens is 396 g/mol. The van der Waals surface area contributed by atoms with Gasteiger partial charge in [0.15, 0.2) is 5.82 Å². The summed E-state index contributed by atoms with van der Waals surface area (Å²) in [6.45, 7) is 11.7. The number of benzene rings is 1. The van der Waals surface area contributed by atoms with E-state index in [-0.39, 0.29) is 23.7 Å². The van der Waals surface area contributed by atoms with Crippen LogP contribution in [0.3, 0.4) is 0 Å². The Morgan fingerprint density at radius 3 is 2.74 bits per heavy atom. The molecule has 2 N–H and O–H groups in total. The van der Waals surface area contributed by atoms with E-state index in [1.54, 1.807) is 0 Å². The van der Waals surface area contributed by atoms with Crippen molar-refractivity contribution in [1.29, 1.82) is 0 Å². The number of aromatic nitrogens is 5. The van der Waals surface area contributed by atoms with Crippen molar-refractivity contribution in [3.8, 4) is 5.75 Å². The lowest BCUT2D eigenvalue weighted by Gasteiger charge is -2.30. The molecule has 0 fully saturated rings. The van der Waals surface area contributed by atoms with Gasteiger partial charge in [-0.15, -0.1) is 5.10 Å². The maximum Gasteiger partial charge on any atom is 0.252 e. The molecule has 3 aromatic rings. The van der Waals surface area contributed by atoms with Gasteiger partial charge in [0.05, 0.1) is 18.2 Å². The van der Waals surface area contributed by atoms with E-state index in [1.807, 2.05) is 63.6 Å². The molecule has 0 radical (unpaired) electrons. The molecule has 9 heteroatoms. The Bertz CT molecular complexity index is 1070. The summed E-state index contributed by atoms with van der Waals surface area (Å²) >= 11 is 0. The Kier molecular flexibility index (Phi) is 7.07. The Balaban J connectivity index is 1.95. The average Bonchev–Trinajstić information content (AvgIpc) is 3.22. The Labute approximate surface area is 182 Å². The first-order chi connectivity index (χ1) is 14.7. The van der Waals surface area contributed by atoms with Gasteiger partial charge in [0.2, 0.25) is 0 Å². The fourth-order valence-corrected chi connectivity index (χ4v) is 3.60. The van der Waals surface area contributed by atoms with Crippen molar-refractivity contribution < 1.29 is 9.84 Å². The Morgan fingerprint density at radius 1 is 1.29 bits per heavy atom. The highest BCUT2D eigenvalue weighted by molar-refractivity contribution is 5.80. The number of pyridine rings is 1. The quantitative estimate of drug-likeness (QED) is 0.539. The van der Waals surface area contributed by atoms with Crippen LogP contribution in [0.4, 0.5) is 0 Å². The van der Waals surface area contributed by atoms with Crippen LogP contribution in [0.25, 0.3) is 10.9 Å². The van der Waals surface area contributed by atoms with Crippen molar-refractivity contribution in [3.63, 3.8) is 0 Å². The van der Waals surface area contributed by atoms with Gasteiger partial charge in [0.25, 0.3) is 5.56 Å². The van der Waals surface area contributed by atoms with Crippen molar-refractivity contribution in [2.24, 2.45) is 0 Å². The van der Waals surface area contributed by atoms with E-state index in [2.05, 4.69) is 25.4 Å². The number of aliphatic hydroxyl groups is 1. The molecule has 0 unspecified atom stereocenters. The molecule has 0 saturated carbocycles. The summed E-state index contributed by atoms with van der Waals surface area (Å²) < 4.78 is 7.40. The minimum atomic E-state index is -0.272. The molecule has 31 heavy (non-hydrogen) atoms. The third kappa shape index (κ3) is 5.29. The van der Waals surface area contributed by atoms with E-state index in [9.17, 15) is 9.90 Å². The molecule has 0 aliphatic heterocycles. The van der Waals surface area contributed by atoms with Gasteiger partial charge in [0, 0.05) is 36.2 Å². The lowest BCUT2D eigenvalue weighted by molar-refractivity contribution is 0.160. The van der Waals surface area contributed by atoms with Gasteiger partial charge in [-0.3, -0.25) is 9.69 Å². The molecule has 0 aliphatic rings. The molecule has 0 spiro atoms. The maximum atomic E-state index is 12.8. The van der Waals surface area contributed by atoms with E-state index in [4.69, 9.17) is 4.74 Å². The summed E-state index contributed by atoms with van der Waals surface area (Å²) in [5, 5.41) is 22.6. The van der Waals surface area contributed by atoms with Crippen LogP contribution in [0.5, 0.6) is 5.75 Å². The number of nitrogens with one attached hydrogen (secondary N) is 1. The molecule has 2 aromatic heterocycles. The smallest absolute Gasteiger partial charge is 0.252 e. The molecule has 0 aliphatic carbocycles. The highest BCUT2D eigenvalue weighted by Gasteiger charge is 2.27. The molecule has 168 valence electrons. The number of hydrogen-bond donors (Lipinski definition) is 2. The number of rotatable bonds is 9. The molecule has 0 amide bonds. The molecule has 2 heterocycles. The van der Waals surface area contributed by atoms with Crippen LogP contribution in [-0.4, -0.2) is 55.0 Å². The number of tetrazole rings is 1. The Hall–Kier alpha value is -2.78. The first kappa shape index (κ1) is 22.9. The standard InChI is InChI=1S/C22H32N6O3/c1-6-31-18-8-9-19-16(13-18)12-17(21(30)23-19)14-27(10-7-11-29)15(2)20-24-25-26-28(20)22(3,4)5/h8-9,12-13,15,29H,6-7,10-11,14H2,1-5H3,(H,23,30)/t15-/m0/s1. The van der Waals surface area contributed by atoms with E-state index < -0.39 is 0 Å².